The highest BCUT2D eigenvalue weighted by atomic mass is 32.2. The summed E-state index contributed by atoms with van der Waals surface area (Å²) in [5, 5.41) is 10.0. The molecule has 0 amide bonds. The molecule has 1 aromatic rings. The van der Waals surface area contributed by atoms with E-state index in [2.05, 4.69) is 6.92 Å². The van der Waals surface area contributed by atoms with Gasteiger partial charge in [-0.3, -0.25) is 0 Å². The minimum absolute atomic E-state index is 0.593. The third-order valence-electron chi connectivity index (χ3n) is 3.07. The summed E-state index contributed by atoms with van der Waals surface area (Å²) in [5.41, 5.74) is 1.15. The molecule has 0 aliphatic rings. The Hall–Kier alpha value is -0.930. The van der Waals surface area contributed by atoms with Crippen LogP contribution in [0.4, 0.5) is 0 Å². The summed E-state index contributed by atoms with van der Waals surface area (Å²) in [5.74, 6) is 0. The van der Waals surface area contributed by atoms with E-state index in [0.29, 0.717) is 11.3 Å². The Bertz CT molecular complexity index is 435. The molecule has 3 heteroatoms. The van der Waals surface area contributed by atoms with Crippen LogP contribution in [0.5, 0.6) is 0 Å². The molecule has 0 heterocycles. The van der Waals surface area contributed by atoms with Crippen LogP contribution in [0.25, 0.3) is 0 Å². The Balaban J connectivity index is 2.93. The quantitative estimate of drug-likeness (QED) is 0.768. The van der Waals surface area contributed by atoms with Crippen LogP contribution >= 0.6 is 0 Å². The average molecular weight is 280 g/mol. The van der Waals surface area contributed by atoms with Crippen molar-refractivity contribution < 1.29 is 9.32 Å². The van der Waals surface area contributed by atoms with Gasteiger partial charge < -0.3 is 5.11 Å². The van der Waals surface area contributed by atoms with E-state index in [1.165, 1.54) is 0 Å². The highest BCUT2D eigenvalue weighted by Crippen LogP contribution is 2.21. The van der Waals surface area contributed by atoms with Gasteiger partial charge >= 0.3 is 0 Å². The van der Waals surface area contributed by atoms with Crippen LogP contribution in [0.3, 0.4) is 0 Å². The van der Waals surface area contributed by atoms with Gasteiger partial charge in [0, 0.05) is 9.80 Å². The van der Waals surface area contributed by atoms with Crippen molar-refractivity contribution in [3.05, 3.63) is 40.8 Å². The van der Waals surface area contributed by atoms with Crippen molar-refractivity contribution in [2.75, 3.05) is 0 Å². The lowest BCUT2D eigenvalue weighted by atomic mass is 10.2. The summed E-state index contributed by atoms with van der Waals surface area (Å²) in [6.07, 6.45) is 4.97. The van der Waals surface area contributed by atoms with Crippen molar-refractivity contribution in [2.45, 2.75) is 57.5 Å². The largest absolute Gasteiger partial charge is 0.388 e. The third-order valence-corrected chi connectivity index (χ3v) is 4.63. The molecule has 106 valence electrons. The van der Waals surface area contributed by atoms with Crippen LogP contribution < -0.4 is 0 Å². The number of aliphatic hydroxyl groups is 1. The van der Waals surface area contributed by atoms with Crippen LogP contribution in [0.2, 0.25) is 0 Å². The van der Waals surface area contributed by atoms with E-state index in [1.807, 2.05) is 44.2 Å². The SMILES string of the molecule is CCCC/C=C(/[C@@H](O)CC)[S@@](=O)c1ccc(C)cc1. The number of allylic oxidation sites excluding steroid dienone is 1. The first-order valence-electron chi connectivity index (χ1n) is 6.96. The highest BCUT2D eigenvalue weighted by Gasteiger charge is 2.17. The zero-order valence-corrected chi connectivity index (χ0v) is 12.9. The fraction of sp³-hybridized carbons (Fsp3) is 0.500. The molecular formula is C16H24O2S. The molecular weight excluding hydrogens is 256 g/mol. The maximum Gasteiger partial charge on any atom is 0.0871 e. The van der Waals surface area contributed by atoms with E-state index in [4.69, 9.17) is 0 Å². The van der Waals surface area contributed by atoms with Crippen molar-refractivity contribution in [3.8, 4) is 0 Å². The Morgan fingerprint density at radius 2 is 1.95 bits per heavy atom. The number of hydrogen-bond donors (Lipinski definition) is 1. The lowest BCUT2D eigenvalue weighted by Gasteiger charge is -2.13. The first kappa shape index (κ1) is 16.1. The molecule has 1 aromatic carbocycles. The minimum atomic E-state index is -1.25. The van der Waals surface area contributed by atoms with Gasteiger partial charge in [-0.15, -0.1) is 0 Å². The molecule has 1 rings (SSSR count). The molecule has 0 saturated heterocycles. The molecule has 0 aliphatic heterocycles. The summed E-state index contributed by atoms with van der Waals surface area (Å²) in [7, 11) is -1.25. The molecule has 19 heavy (non-hydrogen) atoms. The van der Waals surface area contributed by atoms with Gasteiger partial charge in [-0.2, -0.15) is 0 Å². The van der Waals surface area contributed by atoms with Crippen LogP contribution in [0.1, 0.15) is 45.1 Å². The minimum Gasteiger partial charge on any atom is -0.388 e. The monoisotopic (exact) mass is 280 g/mol. The Labute approximate surface area is 119 Å². The molecule has 0 fully saturated rings. The van der Waals surface area contributed by atoms with E-state index in [-0.39, 0.29) is 0 Å². The van der Waals surface area contributed by atoms with Crippen molar-refractivity contribution in [2.24, 2.45) is 0 Å². The van der Waals surface area contributed by atoms with Crippen LogP contribution in [-0.4, -0.2) is 15.4 Å². The molecule has 0 bridgehead atoms. The molecule has 0 radical (unpaired) electrons. The number of aliphatic hydroxyl groups excluding tert-OH is 1. The maximum absolute atomic E-state index is 12.5. The number of unbranched alkanes of at least 4 members (excludes halogenated alkanes) is 2. The first-order chi connectivity index (χ1) is 9.10. The van der Waals surface area contributed by atoms with Gasteiger partial charge in [-0.1, -0.05) is 50.5 Å². The maximum atomic E-state index is 12.5. The molecule has 2 atom stereocenters. The summed E-state index contributed by atoms with van der Waals surface area (Å²) in [4.78, 5) is 1.42. The van der Waals surface area contributed by atoms with Gasteiger partial charge in [-0.25, -0.2) is 4.21 Å². The molecule has 0 unspecified atom stereocenters. The summed E-state index contributed by atoms with van der Waals surface area (Å²) in [6.45, 7) is 6.04. The topological polar surface area (TPSA) is 37.3 Å². The van der Waals surface area contributed by atoms with Crippen LogP contribution in [0.15, 0.2) is 40.1 Å². The zero-order chi connectivity index (χ0) is 14.3. The Morgan fingerprint density at radius 1 is 1.32 bits per heavy atom. The predicted molar refractivity (Wildman–Crippen MR) is 81.5 cm³/mol. The van der Waals surface area contributed by atoms with Crippen molar-refractivity contribution >= 4 is 10.8 Å². The van der Waals surface area contributed by atoms with Crippen LogP contribution in [-0.2, 0) is 10.8 Å². The van der Waals surface area contributed by atoms with Gasteiger partial charge in [-0.05, 0) is 31.9 Å². The van der Waals surface area contributed by atoms with E-state index in [1.54, 1.807) is 0 Å². The van der Waals surface area contributed by atoms with E-state index in [9.17, 15) is 9.32 Å². The molecule has 0 spiro atoms. The lowest BCUT2D eigenvalue weighted by Crippen LogP contribution is -2.13. The standard InChI is InChI=1S/C16H24O2S/c1-4-6-7-8-16(15(17)5-2)19(18)14-11-9-13(3)10-12-14/h8-12,15,17H,4-7H2,1-3H3/b16-8-/t15-,19-/m0/s1. The van der Waals surface area contributed by atoms with Crippen molar-refractivity contribution in [1.82, 2.24) is 0 Å². The molecule has 0 aromatic heterocycles. The zero-order valence-electron chi connectivity index (χ0n) is 12.1. The van der Waals surface area contributed by atoms with Gasteiger partial charge in [0.25, 0.3) is 0 Å². The second-order valence-corrected chi connectivity index (χ2v) is 6.23. The predicted octanol–water partition coefficient (Wildman–Crippen LogP) is 3.95. The average Bonchev–Trinajstić information content (AvgIpc) is 2.43. The third kappa shape index (κ3) is 4.92. The van der Waals surface area contributed by atoms with E-state index < -0.39 is 16.9 Å². The highest BCUT2D eigenvalue weighted by molar-refractivity contribution is 7.89. The Morgan fingerprint density at radius 3 is 2.47 bits per heavy atom. The van der Waals surface area contributed by atoms with Gasteiger partial charge in [0.05, 0.1) is 16.9 Å². The van der Waals surface area contributed by atoms with Gasteiger partial charge in [0.1, 0.15) is 0 Å². The van der Waals surface area contributed by atoms with Crippen molar-refractivity contribution in [3.63, 3.8) is 0 Å². The fourth-order valence-electron chi connectivity index (χ4n) is 1.78. The normalized spacial score (nSPS) is 15.3. The van der Waals surface area contributed by atoms with Crippen LogP contribution in [0, 0.1) is 6.92 Å². The lowest BCUT2D eigenvalue weighted by molar-refractivity contribution is 0.214. The van der Waals surface area contributed by atoms with E-state index >= 15 is 0 Å². The van der Waals surface area contributed by atoms with Gasteiger partial charge in [0.2, 0.25) is 0 Å². The number of hydrogen-bond acceptors (Lipinski definition) is 2. The first-order valence-corrected chi connectivity index (χ1v) is 8.11. The fourth-order valence-corrected chi connectivity index (χ4v) is 3.12. The summed E-state index contributed by atoms with van der Waals surface area (Å²) < 4.78 is 12.5. The summed E-state index contributed by atoms with van der Waals surface area (Å²) in [6, 6.07) is 7.66. The second-order valence-electron chi connectivity index (χ2n) is 4.75. The summed E-state index contributed by atoms with van der Waals surface area (Å²) >= 11 is 0. The van der Waals surface area contributed by atoms with E-state index in [0.717, 1.165) is 29.7 Å². The molecule has 0 saturated carbocycles. The van der Waals surface area contributed by atoms with Crippen molar-refractivity contribution in [1.29, 1.82) is 0 Å². The van der Waals surface area contributed by atoms with Gasteiger partial charge in [0.15, 0.2) is 0 Å². The number of benzene rings is 1. The number of aryl methyl sites for hydroxylation is 1. The molecule has 0 aliphatic carbocycles. The Kier molecular flexibility index (Phi) is 7.03. The second kappa shape index (κ2) is 8.28. The number of rotatable bonds is 7. The molecule has 2 nitrogen and oxygen atoms in total. The molecule has 1 N–H and O–H groups in total. The smallest absolute Gasteiger partial charge is 0.0871 e.